The molecule has 19 heavy (non-hydrogen) atoms. The highest BCUT2D eigenvalue weighted by Gasteiger charge is 2.19. The number of hydrogen-bond donors (Lipinski definition) is 1. The molecule has 0 fully saturated rings. The van der Waals surface area contributed by atoms with Gasteiger partial charge in [0, 0.05) is 23.9 Å². The first-order valence-electron chi connectivity index (χ1n) is 5.87. The van der Waals surface area contributed by atoms with E-state index < -0.39 is 5.97 Å². The Morgan fingerprint density at radius 1 is 1.37 bits per heavy atom. The van der Waals surface area contributed by atoms with E-state index in [4.69, 9.17) is 4.74 Å². The van der Waals surface area contributed by atoms with Crippen LogP contribution in [-0.2, 0) is 7.05 Å². The molecule has 0 saturated carbocycles. The Bertz CT molecular complexity index is 644. The first-order valence-corrected chi connectivity index (χ1v) is 5.87. The number of ether oxygens (including phenoxy) is 1. The number of nitrogens with zero attached hydrogens (tertiary/aromatic N) is 2. The third-order valence-electron chi connectivity index (χ3n) is 3.24. The molecule has 0 aliphatic rings. The molecule has 100 valence electrons. The lowest BCUT2D eigenvalue weighted by molar-refractivity contribution is 0.0697. The van der Waals surface area contributed by atoms with Crippen molar-refractivity contribution >= 4 is 5.97 Å². The van der Waals surface area contributed by atoms with E-state index >= 15 is 0 Å². The van der Waals surface area contributed by atoms with E-state index in [1.165, 1.54) is 0 Å². The molecular weight excluding hydrogens is 244 g/mol. The van der Waals surface area contributed by atoms with Crippen LogP contribution in [0.1, 0.15) is 21.7 Å². The molecule has 2 rings (SSSR count). The fourth-order valence-electron chi connectivity index (χ4n) is 2.21. The quantitative estimate of drug-likeness (QED) is 0.920. The van der Waals surface area contributed by atoms with Gasteiger partial charge in [-0.15, -0.1) is 0 Å². The number of aryl methyl sites for hydroxylation is 2. The van der Waals surface area contributed by atoms with Gasteiger partial charge in [-0.3, -0.25) is 4.68 Å². The Labute approximate surface area is 111 Å². The fourth-order valence-corrected chi connectivity index (χ4v) is 2.21. The lowest BCUT2D eigenvalue weighted by atomic mass is 9.97. The molecule has 0 radical (unpaired) electrons. The summed E-state index contributed by atoms with van der Waals surface area (Å²) in [5.74, 6) is -0.331. The van der Waals surface area contributed by atoms with Crippen molar-refractivity contribution in [2.75, 3.05) is 7.11 Å². The van der Waals surface area contributed by atoms with Gasteiger partial charge in [0.1, 0.15) is 5.75 Å². The van der Waals surface area contributed by atoms with Gasteiger partial charge in [0.15, 0.2) is 0 Å². The second kappa shape index (κ2) is 4.76. The van der Waals surface area contributed by atoms with E-state index in [2.05, 4.69) is 5.10 Å². The summed E-state index contributed by atoms with van der Waals surface area (Å²) in [4.78, 5) is 11.4. The molecule has 0 amide bonds. The summed E-state index contributed by atoms with van der Waals surface area (Å²) in [5, 5.41) is 13.6. The van der Waals surface area contributed by atoms with Gasteiger partial charge in [-0.1, -0.05) is 0 Å². The van der Waals surface area contributed by atoms with Gasteiger partial charge < -0.3 is 9.84 Å². The van der Waals surface area contributed by atoms with Crippen molar-refractivity contribution in [3.8, 4) is 16.9 Å². The van der Waals surface area contributed by atoms with Crippen molar-refractivity contribution < 1.29 is 14.6 Å². The van der Waals surface area contributed by atoms with Crippen LogP contribution >= 0.6 is 0 Å². The van der Waals surface area contributed by atoms with E-state index in [1.54, 1.807) is 30.0 Å². The summed E-state index contributed by atoms with van der Waals surface area (Å²) in [6.07, 6.45) is 0. The van der Waals surface area contributed by atoms with Crippen molar-refractivity contribution in [1.29, 1.82) is 0 Å². The van der Waals surface area contributed by atoms with E-state index in [9.17, 15) is 9.90 Å². The van der Waals surface area contributed by atoms with Crippen LogP contribution in [0, 0.1) is 13.8 Å². The molecule has 0 bridgehead atoms. The average Bonchev–Trinajstić information content (AvgIpc) is 2.62. The van der Waals surface area contributed by atoms with Gasteiger partial charge >= 0.3 is 5.97 Å². The Morgan fingerprint density at radius 2 is 2.05 bits per heavy atom. The number of benzene rings is 1. The maximum absolute atomic E-state index is 11.4. The van der Waals surface area contributed by atoms with Gasteiger partial charge in [-0.2, -0.15) is 5.10 Å². The zero-order valence-electron chi connectivity index (χ0n) is 11.4. The summed E-state index contributed by atoms with van der Waals surface area (Å²) in [5.41, 5.74) is 3.46. The first kappa shape index (κ1) is 13.1. The monoisotopic (exact) mass is 260 g/mol. The lowest BCUT2D eigenvalue weighted by Gasteiger charge is -2.09. The zero-order valence-corrected chi connectivity index (χ0v) is 11.4. The summed E-state index contributed by atoms with van der Waals surface area (Å²) in [6, 6.07) is 4.94. The maximum Gasteiger partial charge on any atom is 0.336 e. The highest BCUT2D eigenvalue weighted by atomic mass is 16.5. The number of aromatic nitrogens is 2. The molecule has 0 aliphatic heterocycles. The molecule has 0 aliphatic carbocycles. The smallest absolute Gasteiger partial charge is 0.336 e. The van der Waals surface area contributed by atoms with Gasteiger partial charge in [-0.05, 0) is 32.0 Å². The van der Waals surface area contributed by atoms with E-state index in [0.29, 0.717) is 11.3 Å². The van der Waals surface area contributed by atoms with Gasteiger partial charge in [0.2, 0.25) is 0 Å². The van der Waals surface area contributed by atoms with Crippen molar-refractivity contribution in [1.82, 2.24) is 9.78 Å². The third kappa shape index (κ3) is 2.19. The third-order valence-corrected chi connectivity index (χ3v) is 3.24. The maximum atomic E-state index is 11.4. The zero-order chi connectivity index (χ0) is 14.2. The predicted octanol–water partition coefficient (Wildman–Crippen LogP) is 2.41. The van der Waals surface area contributed by atoms with E-state index in [1.807, 2.05) is 20.9 Å². The number of hydrogen-bond acceptors (Lipinski definition) is 3. The Balaban J connectivity index is 2.75. The van der Waals surface area contributed by atoms with Crippen molar-refractivity contribution in [3.05, 3.63) is 35.2 Å². The fraction of sp³-hybridized carbons (Fsp3) is 0.286. The Morgan fingerprint density at radius 3 is 2.53 bits per heavy atom. The summed E-state index contributed by atoms with van der Waals surface area (Å²) in [6.45, 7) is 3.79. The minimum absolute atomic E-state index is 0.250. The summed E-state index contributed by atoms with van der Waals surface area (Å²) in [7, 11) is 3.40. The van der Waals surface area contributed by atoms with Crippen LogP contribution < -0.4 is 4.74 Å². The molecule has 0 unspecified atom stereocenters. The van der Waals surface area contributed by atoms with E-state index in [-0.39, 0.29) is 5.56 Å². The van der Waals surface area contributed by atoms with Crippen LogP contribution in [0.4, 0.5) is 0 Å². The van der Waals surface area contributed by atoms with Crippen molar-refractivity contribution in [2.24, 2.45) is 7.05 Å². The molecule has 0 saturated heterocycles. The SMILES string of the molecule is COc1ccc(C(=O)O)c(-c2c(C)nn(C)c2C)c1. The molecule has 1 heterocycles. The number of carbonyl (C=O) groups is 1. The second-order valence-electron chi connectivity index (χ2n) is 4.39. The molecule has 0 spiro atoms. The van der Waals surface area contributed by atoms with Crippen LogP contribution in [0.5, 0.6) is 5.75 Å². The molecule has 5 nitrogen and oxygen atoms in total. The van der Waals surface area contributed by atoms with Gasteiger partial charge in [0.25, 0.3) is 0 Å². The normalized spacial score (nSPS) is 10.5. The lowest BCUT2D eigenvalue weighted by Crippen LogP contribution is -2.01. The van der Waals surface area contributed by atoms with Crippen LogP contribution in [-0.4, -0.2) is 28.0 Å². The van der Waals surface area contributed by atoms with Crippen molar-refractivity contribution in [3.63, 3.8) is 0 Å². The number of carboxylic acid groups (broad SMARTS) is 1. The Hall–Kier alpha value is -2.30. The van der Waals surface area contributed by atoms with Crippen LogP contribution in [0.2, 0.25) is 0 Å². The molecular formula is C14H16N2O3. The predicted molar refractivity (Wildman–Crippen MR) is 71.6 cm³/mol. The molecule has 1 aromatic carbocycles. The first-order chi connectivity index (χ1) is 8.95. The van der Waals surface area contributed by atoms with Crippen LogP contribution in [0.3, 0.4) is 0 Å². The van der Waals surface area contributed by atoms with Gasteiger partial charge in [-0.25, -0.2) is 4.79 Å². The molecule has 1 aromatic heterocycles. The number of rotatable bonds is 3. The van der Waals surface area contributed by atoms with Gasteiger partial charge in [0.05, 0.1) is 18.4 Å². The Kier molecular flexibility index (Phi) is 3.29. The molecule has 5 heteroatoms. The molecule has 0 atom stereocenters. The second-order valence-corrected chi connectivity index (χ2v) is 4.39. The number of aromatic carboxylic acids is 1. The standard InChI is InChI=1S/C14H16N2O3/c1-8-13(9(2)16(3)15-8)12-7-10(19-4)5-6-11(12)14(17)18/h5-7H,1-4H3,(H,17,18). The highest BCUT2D eigenvalue weighted by Crippen LogP contribution is 2.32. The van der Waals surface area contributed by atoms with Crippen molar-refractivity contribution in [2.45, 2.75) is 13.8 Å². The highest BCUT2D eigenvalue weighted by molar-refractivity contribution is 5.97. The molecule has 2 aromatic rings. The number of methoxy groups -OCH3 is 1. The largest absolute Gasteiger partial charge is 0.497 e. The minimum Gasteiger partial charge on any atom is -0.497 e. The van der Waals surface area contributed by atoms with Crippen LogP contribution in [0.25, 0.3) is 11.1 Å². The summed E-state index contributed by atoms with van der Waals surface area (Å²) >= 11 is 0. The number of carboxylic acids is 1. The van der Waals surface area contributed by atoms with Crippen LogP contribution in [0.15, 0.2) is 18.2 Å². The van der Waals surface area contributed by atoms with E-state index in [0.717, 1.165) is 17.0 Å². The molecule has 1 N–H and O–H groups in total. The topological polar surface area (TPSA) is 64.3 Å². The average molecular weight is 260 g/mol. The minimum atomic E-state index is -0.958. The summed E-state index contributed by atoms with van der Waals surface area (Å²) < 4.78 is 6.92.